The van der Waals surface area contributed by atoms with Crippen molar-refractivity contribution < 1.29 is 15.0 Å². The van der Waals surface area contributed by atoms with Gasteiger partial charge in [-0.1, -0.05) is 48.5 Å². The molecule has 128 valence electrons. The van der Waals surface area contributed by atoms with Crippen molar-refractivity contribution in [2.24, 2.45) is 0 Å². The number of rotatable bonds is 4. The Balaban J connectivity index is 1.71. The molecule has 4 nitrogen and oxygen atoms in total. The Kier molecular flexibility index (Phi) is 4.63. The van der Waals surface area contributed by atoms with Gasteiger partial charge in [-0.05, 0) is 11.6 Å². The number of aromatic amines is 1. The van der Waals surface area contributed by atoms with Gasteiger partial charge in [0.15, 0.2) is 0 Å². The summed E-state index contributed by atoms with van der Waals surface area (Å²) < 4.78 is 0. The maximum absolute atomic E-state index is 9.14. The van der Waals surface area contributed by atoms with Gasteiger partial charge in [-0.3, -0.25) is 4.90 Å². The molecule has 0 bridgehead atoms. The number of H-pyrrole nitrogens is 1. The van der Waals surface area contributed by atoms with Gasteiger partial charge in [-0.25, -0.2) is 4.98 Å². The highest BCUT2D eigenvalue weighted by atomic mass is 16.3. The number of hydrogen-bond donors (Lipinski definition) is 2. The molecule has 0 unspecified atom stereocenters. The largest absolute Gasteiger partial charge is 0.391 e. The van der Waals surface area contributed by atoms with Crippen molar-refractivity contribution in [3.05, 3.63) is 60.7 Å². The van der Waals surface area contributed by atoms with E-state index in [0.29, 0.717) is 0 Å². The molecule has 0 amide bonds. The van der Waals surface area contributed by atoms with Gasteiger partial charge in [0.1, 0.15) is 38.2 Å². The average Bonchev–Trinajstić information content (AvgIpc) is 2.69. The van der Waals surface area contributed by atoms with E-state index < -0.39 is 0 Å². The van der Waals surface area contributed by atoms with E-state index >= 15 is 0 Å². The molecule has 0 atom stereocenters. The van der Waals surface area contributed by atoms with Crippen molar-refractivity contribution in [1.82, 2.24) is 0 Å². The van der Waals surface area contributed by atoms with Crippen LogP contribution in [0.2, 0.25) is 0 Å². The summed E-state index contributed by atoms with van der Waals surface area (Å²) in [6.45, 7) is 5.29. The van der Waals surface area contributed by atoms with E-state index in [1.54, 1.807) is 0 Å². The summed E-state index contributed by atoms with van der Waals surface area (Å²) in [5, 5.41) is 10.4. The third-order valence-electron chi connectivity index (χ3n) is 5.12. The van der Waals surface area contributed by atoms with Gasteiger partial charge in [0.25, 0.3) is 5.82 Å². The predicted molar refractivity (Wildman–Crippen MR) is 101 cm³/mol. The third kappa shape index (κ3) is 3.36. The monoisotopic (exact) mass is 335 g/mol. The lowest BCUT2D eigenvalue weighted by molar-refractivity contribution is -0.901. The summed E-state index contributed by atoms with van der Waals surface area (Å²) in [5.74, 6) is 1.18. The summed E-state index contributed by atoms with van der Waals surface area (Å²) >= 11 is 0. The zero-order valence-electron chi connectivity index (χ0n) is 14.4. The molecule has 25 heavy (non-hydrogen) atoms. The topological polar surface area (TPSA) is 42.1 Å². The number of piperazine rings is 1. The second-order valence-electron chi connectivity index (χ2n) is 6.69. The van der Waals surface area contributed by atoms with Crippen molar-refractivity contribution in [1.29, 1.82) is 0 Å². The van der Waals surface area contributed by atoms with E-state index in [-0.39, 0.29) is 6.61 Å². The van der Waals surface area contributed by atoms with Crippen LogP contribution in [0.4, 0.5) is 5.82 Å². The number of aliphatic hydroxyl groups is 1. The highest BCUT2D eigenvalue weighted by Crippen LogP contribution is 2.29. The molecule has 0 saturated carbocycles. The number of para-hydroxylation sites is 1. The molecular formula is C21H25N3O+2. The van der Waals surface area contributed by atoms with Crippen LogP contribution in [0.25, 0.3) is 22.0 Å². The normalized spacial score (nSPS) is 15.6. The molecule has 0 aliphatic carbocycles. The molecule has 1 aliphatic heterocycles. The quantitative estimate of drug-likeness (QED) is 0.747. The van der Waals surface area contributed by atoms with Crippen LogP contribution in [0.3, 0.4) is 0 Å². The molecule has 2 heterocycles. The van der Waals surface area contributed by atoms with Crippen LogP contribution < -0.4 is 14.8 Å². The fourth-order valence-corrected chi connectivity index (χ4v) is 3.71. The number of hydrogen-bond acceptors (Lipinski definition) is 2. The predicted octanol–water partition coefficient (Wildman–Crippen LogP) is 1.02. The number of anilines is 1. The molecule has 4 rings (SSSR count). The van der Waals surface area contributed by atoms with Gasteiger partial charge in [0, 0.05) is 17.0 Å². The Bertz CT molecular complexity index is 842. The lowest BCUT2D eigenvalue weighted by Gasteiger charge is -2.28. The first kappa shape index (κ1) is 16.1. The number of pyridine rings is 1. The second-order valence-corrected chi connectivity index (χ2v) is 6.69. The first-order valence-corrected chi connectivity index (χ1v) is 9.05. The van der Waals surface area contributed by atoms with Crippen LogP contribution in [0, 0.1) is 0 Å². The van der Waals surface area contributed by atoms with Crippen LogP contribution in [0.1, 0.15) is 0 Å². The molecule has 3 N–H and O–H groups in total. The van der Waals surface area contributed by atoms with Crippen molar-refractivity contribution in [3.63, 3.8) is 0 Å². The third-order valence-corrected chi connectivity index (χ3v) is 5.12. The maximum Gasteiger partial charge on any atom is 0.275 e. The lowest BCUT2D eigenvalue weighted by Crippen LogP contribution is -3.15. The zero-order valence-corrected chi connectivity index (χ0v) is 14.4. The van der Waals surface area contributed by atoms with Gasteiger partial charge in [0.2, 0.25) is 0 Å². The highest BCUT2D eigenvalue weighted by Gasteiger charge is 2.26. The van der Waals surface area contributed by atoms with Crippen molar-refractivity contribution in [2.75, 3.05) is 44.2 Å². The lowest BCUT2D eigenvalue weighted by atomic mass is 10.0. The molecule has 4 heteroatoms. The van der Waals surface area contributed by atoms with E-state index in [1.807, 2.05) is 0 Å². The number of nitrogens with zero attached hydrogens (tertiary/aromatic N) is 1. The molecule has 1 fully saturated rings. The number of fused-ring (bicyclic) bond motifs is 1. The summed E-state index contributed by atoms with van der Waals surface area (Å²) in [5.41, 5.74) is 3.69. The van der Waals surface area contributed by atoms with Gasteiger partial charge < -0.3 is 10.0 Å². The van der Waals surface area contributed by atoms with Gasteiger partial charge in [-0.15, -0.1) is 0 Å². The van der Waals surface area contributed by atoms with Crippen LogP contribution in [-0.4, -0.2) is 44.4 Å². The number of aromatic nitrogens is 1. The summed E-state index contributed by atoms with van der Waals surface area (Å²) in [4.78, 5) is 7.54. The van der Waals surface area contributed by atoms with Gasteiger partial charge in [0.05, 0.1) is 6.61 Å². The van der Waals surface area contributed by atoms with Crippen molar-refractivity contribution >= 4 is 16.7 Å². The smallest absolute Gasteiger partial charge is 0.275 e. The van der Waals surface area contributed by atoms with Crippen LogP contribution in [0.15, 0.2) is 60.7 Å². The molecular weight excluding hydrogens is 310 g/mol. The van der Waals surface area contributed by atoms with Crippen LogP contribution >= 0.6 is 0 Å². The Morgan fingerprint density at radius 3 is 2.44 bits per heavy atom. The molecule has 0 radical (unpaired) electrons. The molecule has 2 aromatic carbocycles. The first-order valence-electron chi connectivity index (χ1n) is 9.05. The molecule has 1 aromatic heterocycles. The number of benzene rings is 2. The minimum atomic E-state index is 0.273. The van der Waals surface area contributed by atoms with E-state index in [0.717, 1.165) is 32.7 Å². The Morgan fingerprint density at radius 2 is 1.68 bits per heavy atom. The molecule has 3 aromatic rings. The Morgan fingerprint density at radius 1 is 0.960 bits per heavy atom. The van der Waals surface area contributed by atoms with Crippen LogP contribution in [0.5, 0.6) is 0 Å². The van der Waals surface area contributed by atoms with E-state index in [9.17, 15) is 0 Å². The number of quaternary nitrogens is 1. The fourth-order valence-electron chi connectivity index (χ4n) is 3.71. The second kappa shape index (κ2) is 7.21. The minimum absolute atomic E-state index is 0.273. The maximum atomic E-state index is 9.14. The fraction of sp³-hybridized carbons (Fsp3) is 0.286. The van der Waals surface area contributed by atoms with E-state index in [1.165, 1.54) is 32.7 Å². The minimum Gasteiger partial charge on any atom is -0.391 e. The standard InChI is InChI=1S/C21H23N3O/c25-15-14-23-10-12-24(13-11-23)21-16-19(17-6-2-1-3-7-17)18-8-4-5-9-20(18)22-21/h1-9,16,25H,10-15H2/p+2. The van der Waals surface area contributed by atoms with Gasteiger partial charge in [-0.2, -0.15) is 0 Å². The van der Waals surface area contributed by atoms with E-state index in [4.69, 9.17) is 5.11 Å². The number of aliphatic hydroxyl groups excluding tert-OH is 1. The number of nitrogens with one attached hydrogen (secondary N) is 2. The van der Waals surface area contributed by atoms with Crippen LogP contribution in [-0.2, 0) is 0 Å². The molecule has 0 spiro atoms. The SMILES string of the molecule is OCC[NH+]1CCN(c2cc(-c3ccccc3)c3ccccc3[nH+]2)CC1. The summed E-state index contributed by atoms with van der Waals surface area (Å²) in [7, 11) is 0. The Hall–Kier alpha value is -2.43. The Labute approximate surface area is 148 Å². The molecule has 1 aliphatic rings. The molecule has 1 saturated heterocycles. The first-order chi connectivity index (χ1) is 12.3. The summed E-state index contributed by atoms with van der Waals surface area (Å²) in [6.07, 6.45) is 0. The zero-order chi connectivity index (χ0) is 17.1. The van der Waals surface area contributed by atoms with Gasteiger partial charge >= 0.3 is 0 Å². The average molecular weight is 335 g/mol. The van der Waals surface area contributed by atoms with Crippen molar-refractivity contribution in [2.45, 2.75) is 0 Å². The highest BCUT2D eigenvalue weighted by molar-refractivity contribution is 5.93. The van der Waals surface area contributed by atoms with Crippen molar-refractivity contribution in [3.8, 4) is 11.1 Å². The van der Waals surface area contributed by atoms with E-state index in [2.05, 4.69) is 70.5 Å². The summed E-state index contributed by atoms with van der Waals surface area (Å²) in [6, 6.07) is 21.4.